The number of tetrazole rings is 1. The van der Waals surface area contributed by atoms with E-state index in [9.17, 15) is 4.39 Å². The fraction of sp³-hybridized carbons (Fsp3) is 0.435. The highest BCUT2D eigenvalue weighted by molar-refractivity contribution is 5.56. The van der Waals surface area contributed by atoms with Crippen LogP contribution in [-0.2, 0) is 11.3 Å². The Balaban J connectivity index is 1.59. The van der Waals surface area contributed by atoms with Crippen LogP contribution in [0.5, 0.6) is 0 Å². The van der Waals surface area contributed by atoms with Crippen molar-refractivity contribution in [1.82, 2.24) is 25.1 Å². The Morgan fingerprint density at radius 2 is 1.77 bits per heavy atom. The van der Waals surface area contributed by atoms with Gasteiger partial charge in [0.25, 0.3) is 0 Å². The highest BCUT2D eigenvalue weighted by atomic mass is 19.1. The van der Waals surface area contributed by atoms with Gasteiger partial charge in [-0.25, -0.2) is 9.07 Å². The summed E-state index contributed by atoms with van der Waals surface area (Å²) in [5, 5.41) is 12.4. The van der Waals surface area contributed by atoms with Crippen LogP contribution in [0.4, 0.5) is 10.1 Å². The van der Waals surface area contributed by atoms with Gasteiger partial charge >= 0.3 is 0 Å². The van der Waals surface area contributed by atoms with Crippen LogP contribution in [0.25, 0.3) is 0 Å². The minimum atomic E-state index is -0.249. The molecule has 2 heterocycles. The second-order valence-corrected chi connectivity index (χ2v) is 7.95. The quantitative estimate of drug-likeness (QED) is 0.581. The van der Waals surface area contributed by atoms with Crippen molar-refractivity contribution in [2.45, 2.75) is 26.4 Å². The maximum Gasteiger partial charge on any atom is 0.173 e. The molecule has 1 saturated heterocycles. The topological polar surface area (TPSA) is 59.3 Å². The highest BCUT2D eigenvalue weighted by Gasteiger charge is 2.31. The van der Waals surface area contributed by atoms with Crippen LogP contribution in [0.2, 0.25) is 0 Å². The van der Waals surface area contributed by atoms with Gasteiger partial charge in [0, 0.05) is 39.0 Å². The number of nitrogens with zero attached hydrogens (tertiary/aromatic N) is 6. The zero-order valence-electron chi connectivity index (χ0n) is 18.3. The summed E-state index contributed by atoms with van der Waals surface area (Å²) in [5.41, 5.74) is 4.91. The minimum Gasteiger partial charge on any atom is -0.383 e. The first kappa shape index (κ1) is 21.4. The molecular formula is C23H29FN6O. The third-order valence-electron chi connectivity index (χ3n) is 6.09. The molecule has 1 aliphatic heterocycles. The van der Waals surface area contributed by atoms with Crippen molar-refractivity contribution >= 4 is 5.69 Å². The summed E-state index contributed by atoms with van der Waals surface area (Å²) in [6, 6.07) is 13.0. The van der Waals surface area contributed by atoms with Crippen LogP contribution in [0.15, 0.2) is 42.5 Å². The highest BCUT2D eigenvalue weighted by Crippen LogP contribution is 2.30. The Bertz CT molecular complexity index is 998. The molecule has 7 nitrogen and oxygen atoms in total. The van der Waals surface area contributed by atoms with E-state index < -0.39 is 0 Å². The fourth-order valence-corrected chi connectivity index (χ4v) is 4.21. The molecule has 3 aromatic rings. The fourth-order valence-electron chi connectivity index (χ4n) is 4.21. The van der Waals surface area contributed by atoms with Crippen LogP contribution >= 0.6 is 0 Å². The Morgan fingerprint density at radius 3 is 2.48 bits per heavy atom. The predicted molar refractivity (Wildman–Crippen MR) is 118 cm³/mol. The van der Waals surface area contributed by atoms with Crippen molar-refractivity contribution in [3.8, 4) is 0 Å². The van der Waals surface area contributed by atoms with E-state index in [-0.39, 0.29) is 11.9 Å². The van der Waals surface area contributed by atoms with Crippen molar-refractivity contribution in [1.29, 1.82) is 0 Å². The van der Waals surface area contributed by atoms with Gasteiger partial charge in [-0.15, -0.1) is 5.10 Å². The van der Waals surface area contributed by atoms with Crippen molar-refractivity contribution in [2.75, 3.05) is 44.8 Å². The number of piperazine rings is 1. The van der Waals surface area contributed by atoms with Gasteiger partial charge in [-0.05, 0) is 59.2 Å². The molecule has 31 heavy (non-hydrogen) atoms. The van der Waals surface area contributed by atoms with Gasteiger partial charge in [-0.1, -0.05) is 24.3 Å². The third-order valence-corrected chi connectivity index (χ3v) is 6.09. The summed E-state index contributed by atoms with van der Waals surface area (Å²) in [5.74, 6) is 0.505. The first-order valence-corrected chi connectivity index (χ1v) is 10.6. The maximum atomic E-state index is 13.6. The van der Waals surface area contributed by atoms with Gasteiger partial charge in [0.2, 0.25) is 0 Å². The average molecular weight is 425 g/mol. The molecule has 0 bridgehead atoms. The molecule has 0 spiro atoms. The van der Waals surface area contributed by atoms with E-state index in [1.807, 2.05) is 12.1 Å². The molecule has 1 fully saturated rings. The molecule has 1 aliphatic rings. The van der Waals surface area contributed by atoms with Gasteiger partial charge in [-0.2, -0.15) is 0 Å². The second kappa shape index (κ2) is 9.53. The molecule has 0 saturated carbocycles. The molecule has 0 radical (unpaired) electrons. The van der Waals surface area contributed by atoms with Gasteiger partial charge < -0.3 is 9.64 Å². The second-order valence-electron chi connectivity index (χ2n) is 7.95. The molecule has 164 valence electrons. The van der Waals surface area contributed by atoms with Gasteiger partial charge in [-0.3, -0.25) is 4.90 Å². The summed E-state index contributed by atoms with van der Waals surface area (Å²) in [4.78, 5) is 4.82. The summed E-state index contributed by atoms with van der Waals surface area (Å²) in [6.07, 6.45) is 0. The molecule has 0 amide bonds. The smallest absolute Gasteiger partial charge is 0.173 e. The Hall–Kier alpha value is -2.84. The third kappa shape index (κ3) is 4.60. The molecule has 1 unspecified atom stereocenters. The lowest BCUT2D eigenvalue weighted by Crippen LogP contribution is -2.48. The normalized spacial score (nSPS) is 15.9. The van der Waals surface area contributed by atoms with Crippen LogP contribution in [0.3, 0.4) is 0 Å². The molecule has 1 atom stereocenters. The molecule has 8 heteroatoms. The summed E-state index contributed by atoms with van der Waals surface area (Å²) in [7, 11) is 1.66. The van der Waals surface area contributed by atoms with E-state index in [0.29, 0.717) is 13.2 Å². The Morgan fingerprint density at radius 1 is 1.03 bits per heavy atom. The maximum absolute atomic E-state index is 13.6. The first-order valence-electron chi connectivity index (χ1n) is 10.6. The van der Waals surface area contributed by atoms with E-state index in [4.69, 9.17) is 4.74 Å². The zero-order chi connectivity index (χ0) is 21.8. The Kier molecular flexibility index (Phi) is 6.58. The zero-order valence-corrected chi connectivity index (χ0v) is 18.3. The molecule has 0 N–H and O–H groups in total. The van der Waals surface area contributed by atoms with E-state index >= 15 is 0 Å². The summed E-state index contributed by atoms with van der Waals surface area (Å²) >= 11 is 0. The number of aryl methyl sites for hydroxylation is 1. The lowest BCUT2D eigenvalue weighted by molar-refractivity contribution is 0.171. The monoisotopic (exact) mass is 424 g/mol. The van der Waals surface area contributed by atoms with Crippen LogP contribution in [0, 0.1) is 19.7 Å². The number of halogens is 1. The van der Waals surface area contributed by atoms with E-state index in [1.165, 1.54) is 28.9 Å². The molecule has 2 aromatic carbocycles. The van der Waals surface area contributed by atoms with Crippen molar-refractivity contribution in [3.05, 3.63) is 70.8 Å². The minimum absolute atomic E-state index is 0.145. The van der Waals surface area contributed by atoms with Gasteiger partial charge in [0.1, 0.15) is 5.82 Å². The van der Waals surface area contributed by atoms with Crippen molar-refractivity contribution in [3.63, 3.8) is 0 Å². The lowest BCUT2D eigenvalue weighted by Gasteiger charge is -2.40. The molecule has 1 aromatic heterocycles. The summed E-state index contributed by atoms with van der Waals surface area (Å²) < 4.78 is 20.6. The number of rotatable bonds is 7. The standard InChI is InChI=1S/C23H29FN6O/c1-17-5-4-6-21(18(17)2)28-11-13-29(14-12-28)22(19-7-9-20(24)10-8-19)23-25-26-27-30(23)15-16-31-3/h4-10,22H,11-16H2,1-3H3. The number of ether oxygens (including phenoxy) is 1. The number of methoxy groups -OCH3 is 1. The van der Waals surface area contributed by atoms with Crippen molar-refractivity contribution < 1.29 is 9.13 Å². The number of hydrogen-bond acceptors (Lipinski definition) is 6. The number of aromatic nitrogens is 4. The predicted octanol–water partition coefficient (Wildman–Crippen LogP) is 2.99. The van der Waals surface area contributed by atoms with Crippen LogP contribution in [-0.4, -0.2) is 65.0 Å². The average Bonchev–Trinajstić information content (AvgIpc) is 3.24. The van der Waals surface area contributed by atoms with E-state index in [0.717, 1.165) is 37.6 Å². The lowest BCUT2D eigenvalue weighted by atomic mass is 10.0. The molecule has 4 rings (SSSR count). The summed E-state index contributed by atoms with van der Waals surface area (Å²) in [6.45, 7) is 8.94. The van der Waals surface area contributed by atoms with Crippen LogP contribution < -0.4 is 4.90 Å². The SMILES string of the molecule is COCCn1nnnc1C(c1ccc(F)cc1)N1CCN(c2cccc(C)c2C)CC1. The van der Waals surface area contributed by atoms with Gasteiger partial charge in [0.05, 0.1) is 19.2 Å². The number of hydrogen-bond donors (Lipinski definition) is 0. The largest absolute Gasteiger partial charge is 0.383 e. The van der Waals surface area contributed by atoms with E-state index in [2.05, 4.69) is 57.4 Å². The van der Waals surface area contributed by atoms with Crippen LogP contribution in [0.1, 0.15) is 28.6 Å². The Labute approximate surface area is 182 Å². The number of benzene rings is 2. The first-order chi connectivity index (χ1) is 15.1. The van der Waals surface area contributed by atoms with E-state index in [1.54, 1.807) is 11.8 Å². The molecule has 0 aliphatic carbocycles. The molecular weight excluding hydrogens is 395 g/mol. The van der Waals surface area contributed by atoms with Gasteiger partial charge in [0.15, 0.2) is 5.82 Å². The van der Waals surface area contributed by atoms with Crippen molar-refractivity contribution in [2.24, 2.45) is 0 Å². The number of anilines is 1.